The lowest BCUT2D eigenvalue weighted by molar-refractivity contribution is -0.122. The summed E-state index contributed by atoms with van der Waals surface area (Å²) in [7, 11) is 0. The summed E-state index contributed by atoms with van der Waals surface area (Å²) in [5, 5.41) is 0.733. The number of amides is 1. The smallest absolute Gasteiger partial charge is 0.228 e. The highest BCUT2D eigenvalue weighted by Gasteiger charge is 2.33. The largest absolute Gasteiger partial charge is 0.483 e. The van der Waals surface area contributed by atoms with Crippen LogP contribution in [0.2, 0.25) is 5.02 Å². The average molecular weight is 382 g/mol. The number of aryl methyl sites for hydroxylation is 2. The minimum absolute atomic E-state index is 0.0442. The van der Waals surface area contributed by atoms with Crippen LogP contribution in [-0.4, -0.2) is 22.4 Å². The molecule has 2 aliphatic rings. The molecule has 1 N–H and O–H groups in total. The number of nitrogens with zero attached hydrogens (tertiary/aromatic N) is 2. The highest BCUT2D eigenvalue weighted by Crippen LogP contribution is 2.45. The van der Waals surface area contributed by atoms with Crippen molar-refractivity contribution in [1.29, 1.82) is 0 Å². The molecule has 138 valence electrons. The lowest BCUT2D eigenvalue weighted by atomic mass is 9.92. The maximum Gasteiger partial charge on any atom is 0.228 e. The number of benzene rings is 2. The molecular formula is C21H20ClN3O2. The standard InChI is InChI=1S/C21H20ClN3O2/c1-11-9-13(22)3-4-14(11)18-6-5-15-17(25-8-7-19(25)26)10-16-20(21(15)27-18)24-12(2)23-16/h3-4,9-10,18H,5-8H2,1-2H3,(H,23,24)/t18-/m0/s1. The van der Waals surface area contributed by atoms with E-state index in [2.05, 4.69) is 16.9 Å². The monoisotopic (exact) mass is 381 g/mol. The molecule has 0 saturated carbocycles. The molecule has 1 fully saturated rings. The summed E-state index contributed by atoms with van der Waals surface area (Å²) in [5.41, 5.74) is 6.08. The van der Waals surface area contributed by atoms with E-state index in [1.807, 2.05) is 36.1 Å². The fourth-order valence-corrected chi connectivity index (χ4v) is 4.37. The van der Waals surface area contributed by atoms with Crippen molar-refractivity contribution >= 4 is 34.2 Å². The third-order valence-electron chi connectivity index (χ3n) is 5.57. The lowest BCUT2D eigenvalue weighted by Crippen LogP contribution is -2.44. The van der Waals surface area contributed by atoms with E-state index in [4.69, 9.17) is 16.3 Å². The number of aromatic nitrogens is 2. The van der Waals surface area contributed by atoms with E-state index in [9.17, 15) is 4.79 Å². The van der Waals surface area contributed by atoms with Crippen LogP contribution in [0, 0.1) is 13.8 Å². The van der Waals surface area contributed by atoms with Crippen molar-refractivity contribution in [2.75, 3.05) is 11.4 Å². The summed E-state index contributed by atoms with van der Waals surface area (Å²) >= 11 is 6.12. The first-order chi connectivity index (χ1) is 13.0. The van der Waals surface area contributed by atoms with Crippen LogP contribution >= 0.6 is 11.6 Å². The highest BCUT2D eigenvalue weighted by molar-refractivity contribution is 6.30. The predicted octanol–water partition coefficient (Wildman–Crippen LogP) is 4.64. The molecule has 6 heteroatoms. The predicted molar refractivity (Wildman–Crippen MR) is 106 cm³/mol. The van der Waals surface area contributed by atoms with Crippen LogP contribution in [0.1, 0.15) is 41.5 Å². The van der Waals surface area contributed by atoms with E-state index in [0.29, 0.717) is 6.42 Å². The Labute approximate surface area is 162 Å². The Balaban J connectivity index is 1.63. The van der Waals surface area contributed by atoms with E-state index in [1.165, 1.54) is 0 Å². The molecular weight excluding hydrogens is 362 g/mol. The van der Waals surface area contributed by atoms with Gasteiger partial charge < -0.3 is 14.6 Å². The first-order valence-electron chi connectivity index (χ1n) is 9.26. The molecule has 5 nitrogen and oxygen atoms in total. The zero-order valence-electron chi connectivity index (χ0n) is 15.3. The number of nitrogens with one attached hydrogen (secondary N) is 1. The number of halogens is 1. The SMILES string of the molecule is Cc1nc2c3c(c(N4CCC4=O)cc2[nH]1)CC[C@@H](c1ccc(Cl)cc1C)O3. The van der Waals surface area contributed by atoms with E-state index in [-0.39, 0.29) is 12.0 Å². The van der Waals surface area contributed by atoms with Crippen molar-refractivity contribution < 1.29 is 9.53 Å². The minimum Gasteiger partial charge on any atom is -0.483 e. The first kappa shape index (κ1) is 16.6. The molecule has 0 unspecified atom stereocenters. The number of β-lactam (4-membered cyclic amide) rings is 1. The summed E-state index contributed by atoms with van der Waals surface area (Å²) < 4.78 is 6.50. The van der Waals surface area contributed by atoms with Gasteiger partial charge in [-0.25, -0.2) is 4.98 Å². The van der Waals surface area contributed by atoms with E-state index < -0.39 is 0 Å². The minimum atomic E-state index is -0.0442. The van der Waals surface area contributed by atoms with E-state index >= 15 is 0 Å². The fourth-order valence-electron chi connectivity index (χ4n) is 4.15. The van der Waals surface area contributed by atoms with Crippen LogP contribution in [0.4, 0.5) is 5.69 Å². The van der Waals surface area contributed by atoms with Gasteiger partial charge in [-0.2, -0.15) is 0 Å². The Kier molecular flexibility index (Phi) is 3.69. The van der Waals surface area contributed by atoms with Gasteiger partial charge in [0, 0.05) is 23.6 Å². The fraction of sp³-hybridized carbons (Fsp3) is 0.333. The lowest BCUT2D eigenvalue weighted by Gasteiger charge is -2.35. The van der Waals surface area contributed by atoms with Gasteiger partial charge >= 0.3 is 0 Å². The van der Waals surface area contributed by atoms with Crippen molar-refractivity contribution in [3.05, 3.63) is 51.8 Å². The van der Waals surface area contributed by atoms with Crippen LogP contribution in [0.25, 0.3) is 11.0 Å². The highest BCUT2D eigenvalue weighted by atomic mass is 35.5. The van der Waals surface area contributed by atoms with Crippen molar-refractivity contribution in [3.63, 3.8) is 0 Å². The molecule has 0 bridgehead atoms. The second-order valence-corrected chi connectivity index (χ2v) is 7.80. The maximum absolute atomic E-state index is 12.1. The molecule has 3 aromatic rings. The molecule has 0 aliphatic carbocycles. The normalized spacial score (nSPS) is 19.0. The number of fused-ring (bicyclic) bond motifs is 3. The molecule has 1 aromatic heterocycles. The van der Waals surface area contributed by atoms with Crippen LogP contribution in [-0.2, 0) is 11.2 Å². The summed E-state index contributed by atoms with van der Waals surface area (Å²) in [6.45, 7) is 4.76. The van der Waals surface area contributed by atoms with Gasteiger partial charge in [-0.1, -0.05) is 17.7 Å². The third kappa shape index (κ3) is 2.60. The quantitative estimate of drug-likeness (QED) is 0.658. The summed E-state index contributed by atoms with van der Waals surface area (Å²) in [6, 6.07) is 7.97. The van der Waals surface area contributed by atoms with Crippen molar-refractivity contribution in [2.45, 2.75) is 39.2 Å². The van der Waals surface area contributed by atoms with Gasteiger partial charge in [0.05, 0.1) is 11.2 Å². The van der Waals surface area contributed by atoms with Gasteiger partial charge in [-0.05, 0) is 56.0 Å². The molecule has 2 aromatic carbocycles. The molecule has 1 atom stereocenters. The van der Waals surface area contributed by atoms with E-state index in [0.717, 1.165) is 69.4 Å². The molecule has 3 heterocycles. The van der Waals surface area contributed by atoms with Gasteiger partial charge in [0.15, 0.2) is 5.75 Å². The molecule has 27 heavy (non-hydrogen) atoms. The number of carbonyl (C=O) groups excluding carboxylic acids is 1. The van der Waals surface area contributed by atoms with Gasteiger partial charge in [-0.15, -0.1) is 0 Å². The Hall–Kier alpha value is -2.53. The van der Waals surface area contributed by atoms with Crippen molar-refractivity contribution in [3.8, 4) is 5.75 Å². The number of hydrogen-bond acceptors (Lipinski definition) is 3. The van der Waals surface area contributed by atoms with Gasteiger partial charge in [0.1, 0.15) is 17.4 Å². The Morgan fingerprint density at radius 1 is 1.26 bits per heavy atom. The number of imidazole rings is 1. The Morgan fingerprint density at radius 2 is 2.11 bits per heavy atom. The molecule has 0 radical (unpaired) electrons. The molecule has 0 spiro atoms. The number of carbonyl (C=O) groups is 1. The summed E-state index contributed by atoms with van der Waals surface area (Å²) in [5.74, 6) is 1.81. The van der Waals surface area contributed by atoms with Gasteiger partial charge in [0.2, 0.25) is 5.91 Å². The number of hydrogen-bond donors (Lipinski definition) is 1. The Morgan fingerprint density at radius 3 is 2.81 bits per heavy atom. The molecule has 5 rings (SSSR count). The zero-order valence-corrected chi connectivity index (χ0v) is 16.1. The second-order valence-electron chi connectivity index (χ2n) is 7.36. The summed E-state index contributed by atoms with van der Waals surface area (Å²) in [6.07, 6.45) is 2.28. The number of aromatic amines is 1. The second kappa shape index (κ2) is 5.99. The maximum atomic E-state index is 12.1. The average Bonchev–Trinajstić information content (AvgIpc) is 3.00. The third-order valence-corrected chi connectivity index (χ3v) is 5.80. The Bertz CT molecular complexity index is 1090. The number of ether oxygens (including phenoxy) is 1. The number of anilines is 1. The molecule has 1 amide bonds. The van der Waals surface area contributed by atoms with Crippen molar-refractivity contribution in [2.24, 2.45) is 0 Å². The first-order valence-corrected chi connectivity index (χ1v) is 9.64. The topological polar surface area (TPSA) is 58.2 Å². The summed E-state index contributed by atoms with van der Waals surface area (Å²) in [4.78, 5) is 21.9. The molecule has 2 aliphatic heterocycles. The zero-order chi connectivity index (χ0) is 18.7. The van der Waals surface area contributed by atoms with Gasteiger partial charge in [0.25, 0.3) is 0 Å². The van der Waals surface area contributed by atoms with Crippen LogP contribution in [0.5, 0.6) is 5.75 Å². The number of H-pyrrole nitrogens is 1. The van der Waals surface area contributed by atoms with Crippen LogP contribution in [0.15, 0.2) is 24.3 Å². The number of rotatable bonds is 2. The van der Waals surface area contributed by atoms with Crippen molar-refractivity contribution in [1.82, 2.24) is 9.97 Å². The van der Waals surface area contributed by atoms with Crippen LogP contribution in [0.3, 0.4) is 0 Å². The van der Waals surface area contributed by atoms with Crippen LogP contribution < -0.4 is 9.64 Å². The van der Waals surface area contributed by atoms with E-state index in [1.54, 1.807) is 0 Å². The van der Waals surface area contributed by atoms with Gasteiger partial charge in [-0.3, -0.25) is 4.79 Å². The molecule has 1 saturated heterocycles.